The minimum absolute atomic E-state index is 0.0576. The standard InChI is InChI=1S/C19H27N3OS/c1-13(2)14-6-8-15(9-7-14)17-21-16(10-24-17)18(23)22(5)12-19(3,4)11-20/h6-10,13H,11-12,20H2,1-5H3. The Hall–Kier alpha value is -1.72. The maximum Gasteiger partial charge on any atom is 0.273 e. The van der Waals surface area contributed by atoms with Gasteiger partial charge in [-0.25, -0.2) is 4.98 Å². The highest BCUT2D eigenvalue weighted by molar-refractivity contribution is 7.13. The van der Waals surface area contributed by atoms with Crippen molar-refractivity contribution in [1.82, 2.24) is 9.88 Å². The van der Waals surface area contributed by atoms with Crippen LogP contribution in [0.5, 0.6) is 0 Å². The van der Waals surface area contributed by atoms with E-state index < -0.39 is 0 Å². The molecule has 0 radical (unpaired) electrons. The fourth-order valence-corrected chi connectivity index (χ4v) is 3.29. The molecule has 2 rings (SSSR count). The summed E-state index contributed by atoms with van der Waals surface area (Å²) < 4.78 is 0. The number of hydrogen-bond donors (Lipinski definition) is 1. The van der Waals surface area contributed by atoms with Gasteiger partial charge >= 0.3 is 0 Å². The van der Waals surface area contributed by atoms with Crippen molar-refractivity contribution in [2.45, 2.75) is 33.6 Å². The van der Waals surface area contributed by atoms with E-state index in [4.69, 9.17) is 5.73 Å². The third-order valence-electron chi connectivity index (χ3n) is 4.11. The number of amides is 1. The topological polar surface area (TPSA) is 59.2 Å². The van der Waals surface area contributed by atoms with E-state index in [9.17, 15) is 4.79 Å². The van der Waals surface area contributed by atoms with E-state index in [1.807, 2.05) is 5.38 Å². The van der Waals surface area contributed by atoms with Crippen molar-refractivity contribution in [3.8, 4) is 10.6 Å². The van der Waals surface area contributed by atoms with Crippen molar-refractivity contribution in [2.75, 3.05) is 20.1 Å². The van der Waals surface area contributed by atoms with Crippen LogP contribution in [0.1, 0.15) is 49.7 Å². The molecule has 1 heterocycles. The lowest BCUT2D eigenvalue weighted by molar-refractivity contribution is 0.0735. The Kier molecular flexibility index (Phi) is 5.78. The second-order valence-corrected chi connectivity index (χ2v) is 8.20. The number of aromatic nitrogens is 1. The smallest absolute Gasteiger partial charge is 0.273 e. The van der Waals surface area contributed by atoms with Crippen molar-refractivity contribution in [3.63, 3.8) is 0 Å². The molecule has 1 aromatic heterocycles. The Morgan fingerprint density at radius 1 is 1.29 bits per heavy atom. The fraction of sp³-hybridized carbons (Fsp3) is 0.474. The zero-order valence-electron chi connectivity index (χ0n) is 15.2. The maximum atomic E-state index is 12.6. The van der Waals surface area contributed by atoms with Gasteiger partial charge in [0.1, 0.15) is 10.7 Å². The van der Waals surface area contributed by atoms with Crippen molar-refractivity contribution >= 4 is 17.2 Å². The van der Waals surface area contributed by atoms with Gasteiger partial charge in [-0.15, -0.1) is 11.3 Å². The van der Waals surface area contributed by atoms with Gasteiger partial charge in [0.2, 0.25) is 0 Å². The summed E-state index contributed by atoms with van der Waals surface area (Å²) in [6.07, 6.45) is 0. The number of nitrogens with two attached hydrogens (primary N) is 1. The van der Waals surface area contributed by atoms with Gasteiger partial charge in [0.05, 0.1) is 0 Å². The number of rotatable bonds is 6. The monoisotopic (exact) mass is 345 g/mol. The normalized spacial score (nSPS) is 11.8. The highest BCUT2D eigenvalue weighted by atomic mass is 32.1. The highest BCUT2D eigenvalue weighted by Gasteiger charge is 2.23. The molecule has 1 amide bonds. The highest BCUT2D eigenvalue weighted by Crippen LogP contribution is 2.26. The van der Waals surface area contributed by atoms with Gasteiger partial charge in [0.25, 0.3) is 5.91 Å². The predicted molar refractivity (Wildman–Crippen MR) is 101 cm³/mol. The van der Waals surface area contributed by atoms with E-state index in [-0.39, 0.29) is 11.3 Å². The Morgan fingerprint density at radius 2 is 1.92 bits per heavy atom. The molecule has 2 N–H and O–H groups in total. The molecule has 0 atom stereocenters. The van der Waals surface area contributed by atoms with Gasteiger partial charge in [-0.3, -0.25) is 4.79 Å². The van der Waals surface area contributed by atoms with Crippen LogP contribution in [0.3, 0.4) is 0 Å². The predicted octanol–water partition coefficient (Wildman–Crippen LogP) is 3.99. The number of carbonyl (C=O) groups is 1. The number of thiazole rings is 1. The van der Waals surface area contributed by atoms with Gasteiger partial charge < -0.3 is 10.6 Å². The van der Waals surface area contributed by atoms with Gasteiger partial charge in [-0.05, 0) is 23.4 Å². The minimum Gasteiger partial charge on any atom is -0.340 e. The van der Waals surface area contributed by atoms with E-state index in [0.29, 0.717) is 24.7 Å². The molecule has 0 fully saturated rings. The summed E-state index contributed by atoms with van der Waals surface area (Å²) in [5, 5.41) is 2.71. The number of carbonyl (C=O) groups excluding carboxylic acids is 1. The van der Waals surface area contributed by atoms with Crippen molar-refractivity contribution in [1.29, 1.82) is 0 Å². The van der Waals surface area contributed by atoms with Gasteiger partial charge in [0, 0.05) is 24.5 Å². The molecule has 24 heavy (non-hydrogen) atoms. The molecule has 4 nitrogen and oxygen atoms in total. The van der Waals surface area contributed by atoms with Gasteiger partial charge in [-0.2, -0.15) is 0 Å². The minimum atomic E-state index is -0.101. The van der Waals surface area contributed by atoms with E-state index in [1.165, 1.54) is 16.9 Å². The van der Waals surface area contributed by atoms with Crippen LogP contribution >= 0.6 is 11.3 Å². The maximum absolute atomic E-state index is 12.6. The molecule has 1 aromatic carbocycles. The first-order valence-electron chi connectivity index (χ1n) is 8.25. The Labute approximate surface area is 148 Å². The van der Waals surface area contributed by atoms with Crippen LogP contribution in [0.15, 0.2) is 29.6 Å². The van der Waals surface area contributed by atoms with Crippen LogP contribution < -0.4 is 5.73 Å². The van der Waals surface area contributed by atoms with Gasteiger partial charge in [0.15, 0.2) is 0 Å². The number of benzene rings is 1. The molecule has 0 spiro atoms. The van der Waals surface area contributed by atoms with Crippen LogP contribution in [0.2, 0.25) is 0 Å². The average molecular weight is 346 g/mol. The molecule has 130 valence electrons. The van der Waals surface area contributed by atoms with Crippen LogP contribution in [0, 0.1) is 5.41 Å². The van der Waals surface area contributed by atoms with Crippen LogP contribution in [0.4, 0.5) is 0 Å². The molecule has 0 saturated heterocycles. The van der Waals surface area contributed by atoms with Crippen molar-refractivity contribution in [2.24, 2.45) is 11.1 Å². The third kappa shape index (κ3) is 4.42. The lowest BCUT2D eigenvalue weighted by atomic mass is 9.93. The first-order chi connectivity index (χ1) is 11.2. The molecule has 0 aliphatic heterocycles. The van der Waals surface area contributed by atoms with Crippen LogP contribution in [-0.4, -0.2) is 35.9 Å². The second-order valence-electron chi connectivity index (χ2n) is 7.34. The second kappa shape index (κ2) is 7.45. The SMILES string of the molecule is CC(C)c1ccc(-c2nc(C(=O)N(C)CC(C)(C)CN)cs2)cc1. The quantitative estimate of drug-likeness (QED) is 0.861. The molecular weight excluding hydrogens is 318 g/mol. The summed E-state index contributed by atoms with van der Waals surface area (Å²) in [6, 6.07) is 8.39. The summed E-state index contributed by atoms with van der Waals surface area (Å²) in [6.45, 7) is 9.61. The first-order valence-corrected chi connectivity index (χ1v) is 9.13. The zero-order chi connectivity index (χ0) is 17.9. The van der Waals surface area contributed by atoms with Crippen molar-refractivity contribution < 1.29 is 4.79 Å². The van der Waals surface area contributed by atoms with Crippen LogP contribution in [0.25, 0.3) is 10.6 Å². The van der Waals surface area contributed by atoms with E-state index in [0.717, 1.165) is 10.6 Å². The lowest BCUT2D eigenvalue weighted by Gasteiger charge is -2.28. The summed E-state index contributed by atoms with van der Waals surface area (Å²) in [7, 11) is 1.80. The summed E-state index contributed by atoms with van der Waals surface area (Å²) in [5.41, 5.74) is 8.50. The molecule has 2 aromatic rings. The number of nitrogens with zero attached hydrogens (tertiary/aromatic N) is 2. The lowest BCUT2D eigenvalue weighted by Crippen LogP contribution is -2.39. The largest absolute Gasteiger partial charge is 0.340 e. The zero-order valence-corrected chi connectivity index (χ0v) is 16.0. The summed E-state index contributed by atoms with van der Waals surface area (Å²) in [5.74, 6) is 0.449. The fourth-order valence-electron chi connectivity index (χ4n) is 2.49. The molecule has 0 bridgehead atoms. The Bertz CT molecular complexity index is 689. The Morgan fingerprint density at radius 3 is 2.46 bits per heavy atom. The van der Waals surface area contributed by atoms with E-state index >= 15 is 0 Å². The van der Waals surface area contributed by atoms with Gasteiger partial charge in [-0.1, -0.05) is 52.0 Å². The summed E-state index contributed by atoms with van der Waals surface area (Å²) in [4.78, 5) is 18.8. The molecule has 5 heteroatoms. The average Bonchev–Trinajstić information content (AvgIpc) is 3.03. The van der Waals surface area contributed by atoms with Crippen LogP contribution in [-0.2, 0) is 0 Å². The molecule has 0 saturated carbocycles. The van der Waals surface area contributed by atoms with E-state index in [2.05, 4.69) is 56.9 Å². The van der Waals surface area contributed by atoms with Crippen molar-refractivity contribution in [3.05, 3.63) is 40.9 Å². The number of hydrogen-bond acceptors (Lipinski definition) is 4. The summed E-state index contributed by atoms with van der Waals surface area (Å²) >= 11 is 1.50. The Balaban J connectivity index is 2.13. The molecular formula is C19H27N3OS. The third-order valence-corrected chi connectivity index (χ3v) is 5.00. The van der Waals surface area contributed by atoms with E-state index in [1.54, 1.807) is 11.9 Å². The molecule has 0 aliphatic rings. The molecule has 0 unspecified atom stereocenters. The molecule has 0 aliphatic carbocycles. The first kappa shape index (κ1) is 18.6.